The predicted octanol–water partition coefficient (Wildman–Crippen LogP) is 6.47. The van der Waals surface area contributed by atoms with Crippen LogP contribution in [0.1, 0.15) is 52.5 Å². The molecule has 0 heterocycles. The molecule has 0 aromatic heterocycles. The van der Waals surface area contributed by atoms with Gasteiger partial charge < -0.3 is 13.9 Å². The Morgan fingerprint density at radius 1 is 0.842 bits per heavy atom. The number of methoxy groups -OCH3 is 1. The Labute approximate surface area is 229 Å². The summed E-state index contributed by atoms with van der Waals surface area (Å²) in [6, 6.07) is 29.2. The fraction of sp³-hybridized carbons (Fsp3) is 0.364. The van der Waals surface area contributed by atoms with E-state index in [9.17, 15) is 4.79 Å². The summed E-state index contributed by atoms with van der Waals surface area (Å²) in [5.41, 5.74) is 1.12. The molecule has 0 unspecified atom stereocenters. The summed E-state index contributed by atoms with van der Waals surface area (Å²) in [6.07, 6.45) is 6.91. The standard InChI is InChI=1S/C33H42O4Si/c1-27(36-26-28-21-23-29(35-5)24-22-28)14-12-15-30(16-13-25-34)37-38(33(2,3)4,31-17-8-6-9-18-31)32-19-10-7-11-20-32/h6-11,13,16-25,27,30H,12,14-15,26H2,1-5H3/b16-13-/t27-,30+/m0/s1. The van der Waals surface area contributed by atoms with Crippen molar-refractivity contribution >= 4 is 25.0 Å². The molecule has 0 radical (unpaired) electrons. The van der Waals surface area contributed by atoms with Crippen LogP contribution in [0, 0.1) is 0 Å². The van der Waals surface area contributed by atoms with Crippen molar-refractivity contribution in [2.45, 2.75) is 70.8 Å². The lowest BCUT2D eigenvalue weighted by Gasteiger charge is -2.45. The van der Waals surface area contributed by atoms with Gasteiger partial charge in [0.05, 0.1) is 25.9 Å². The molecule has 202 valence electrons. The van der Waals surface area contributed by atoms with E-state index in [0.29, 0.717) is 6.61 Å². The van der Waals surface area contributed by atoms with Gasteiger partial charge >= 0.3 is 0 Å². The van der Waals surface area contributed by atoms with E-state index in [2.05, 4.69) is 76.2 Å². The Morgan fingerprint density at radius 3 is 1.92 bits per heavy atom. The summed E-state index contributed by atoms with van der Waals surface area (Å²) in [5, 5.41) is 2.34. The topological polar surface area (TPSA) is 44.8 Å². The largest absolute Gasteiger partial charge is 0.497 e. The van der Waals surface area contributed by atoms with Crippen molar-refractivity contribution in [2.75, 3.05) is 7.11 Å². The van der Waals surface area contributed by atoms with Crippen LogP contribution in [-0.2, 0) is 20.6 Å². The second-order valence-electron chi connectivity index (χ2n) is 10.7. The molecule has 2 atom stereocenters. The first-order chi connectivity index (χ1) is 18.3. The third-order valence-electron chi connectivity index (χ3n) is 6.94. The molecule has 0 N–H and O–H groups in total. The molecular formula is C33H42O4Si. The maximum Gasteiger partial charge on any atom is 0.261 e. The maximum atomic E-state index is 11.3. The SMILES string of the molecule is COc1ccc(CO[C@@H](C)CCC[C@H](/C=C\C=O)O[Si](c2ccccc2)(c2ccccc2)C(C)(C)C)cc1. The van der Waals surface area contributed by atoms with Gasteiger partial charge in [-0.2, -0.15) is 0 Å². The first-order valence-corrected chi connectivity index (χ1v) is 15.4. The summed E-state index contributed by atoms with van der Waals surface area (Å²) in [4.78, 5) is 11.3. The van der Waals surface area contributed by atoms with E-state index in [1.807, 2.05) is 42.5 Å². The molecule has 3 aromatic rings. The number of hydrogen-bond acceptors (Lipinski definition) is 4. The summed E-state index contributed by atoms with van der Waals surface area (Å²) >= 11 is 0. The number of carbonyl (C=O) groups excluding carboxylic acids is 1. The number of benzene rings is 3. The molecule has 0 aliphatic carbocycles. The Balaban J connectivity index is 1.75. The summed E-state index contributed by atoms with van der Waals surface area (Å²) in [7, 11) is -1.05. The minimum atomic E-state index is -2.72. The minimum Gasteiger partial charge on any atom is -0.497 e. The molecule has 38 heavy (non-hydrogen) atoms. The van der Waals surface area contributed by atoms with E-state index in [-0.39, 0.29) is 17.2 Å². The highest BCUT2D eigenvalue weighted by Gasteiger charge is 2.51. The van der Waals surface area contributed by atoms with E-state index in [1.54, 1.807) is 13.2 Å². The monoisotopic (exact) mass is 530 g/mol. The van der Waals surface area contributed by atoms with Crippen molar-refractivity contribution in [1.29, 1.82) is 0 Å². The van der Waals surface area contributed by atoms with E-state index < -0.39 is 8.32 Å². The molecule has 0 bridgehead atoms. The van der Waals surface area contributed by atoms with Crippen LogP contribution in [0.4, 0.5) is 0 Å². The van der Waals surface area contributed by atoms with Crippen molar-refractivity contribution in [3.05, 3.63) is 103 Å². The third kappa shape index (κ3) is 7.76. The van der Waals surface area contributed by atoms with Crippen LogP contribution in [0.3, 0.4) is 0 Å². The zero-order valence-electron chi connectivity index (χ0n) is 23.4. The molecule has 0 aliphatic rings. The first-order valence-electron chi connectivity index (χ1n) is 13.5. The number of ether oxygens (including phenoxy) is 2. The van der Waals surface area contributed by atoms with Crippen LogP contribution in [-0.4, -0.2) is 33.9 Å². The normalized spacial score (nSPS) is 13.8. The zero-order chi connectivity index (χ0) is 27.4. The Morgan fingerprint density at radius 2 is 1.42 bits per heavy atom. The van der Waals surface area contributed by atoms with Crippen molar-refractivity contribution < 1.29 is 18.7 Å². The van der Waals surface area contributed by atoms with Crippen LogP contribution < -0.4 is 15.1 Å². The van der Waals surface area contributed by atoms with Gasteiger partial charge in [-0.15, -0.1) is 0 Å². The van der Waals surface area contributed by atoms with Gasteiger partial charge in [-0.1, -0.05) is 99.6 Å². The molecule has 0 amide bonds. The second kappa shape index (κ2) is 14.2. The fourth-order valence-corrected chi connectivity index (χ4v) is 9.60. The summed E-state index contributed by atoms with van der Waals surface area (Å²) in [6.45, 7) is 9.50. The van der Waals surface area contributed by atoms with Gasteiger partial charge in [-0.3, -0.25) is 4.79 Å². The summed E-state index contributed by atoms with van der Waals surface area (Å²) in [5.74, 6) is 0.845. The van der Waals surface area contributed by atoms with Gasteiger partial charge in [0, 0.05) is 0 Å². The van der Waals surface area contributed by atoms with Crippen molar-refractivity contribution in [3.8, 4) is 5.75 Å². The molecule has 0 fully saturated rings. The van der Waals surface area contributed by atoms with E-state index >= 15 is 0 Å². The Hall–Kier alpha value is -2.99. The number of aldehydes is 1. The highest BCUT2D eigenvalue weighted by molar-refractivity contribution is 6.99. The van der Waals surface area contributed by atoms with Gasteiger partial charge in [0.2, 0.25) is 0 Å². The van der Waals surface area contributed by atoms with E-state index in [4.69, 9.17) is 13.9 Å². The molecule has 0 saturated heterocycles. The third-order valence-corrected chi connectivity index (χ3v) is 12.0. The lowest BCUT2D eigenvalue weighted by molar-refractivity contribution is -0.104. The smallest absolute Gasteiger partial charge is 0.261 e. The van der Waals surface area contributed by atoms with Gasteiger partial charge in [-0.25, -0.2) is 0 Å². The average Bonchev–Trinajstić information content (AvgIpc) is 2.93. The maximum absolute atomic E-state index is 11.3. The van der Waals surface area contributed by atoms with Crippen LogP contribution in [0.2, 0.25) is 5.04 Å². The molecule has 3 rings (SSSR count). The van der Waals surface area contributed by atoms with Crippen molar-refractivity contribution in [2.24, 2.45) is 0 Å². The summed E-state index contributed by atoms with van der Waals surface area (Å²) < 4.78 is 18.6. The lowest BCUT2D eigenvalue weighted by atomic mass is 10.1. The van der Waals surface area contributed by atoms with E-state index in [1.165, 1.54) is 10.4 Å². The molecule has 0 saturated carbocycles. The number of allylic oxidation sites excluding steroid dienone is 1. The lowest BCUT2D eigenvalue weighted by Crippen LogP contribution is -2.67. The van der Waals surface area contributed by atoms with Crippen LogP contribution in [0.15, 0.2) is 97.1 Å². The molecule has 5 heteroatoms. The van der Waals surface area contributed by atoms with Gasteiger partial charge in [-0.05, 0) is 65.4 Å². The van der Waals surface area contributed by atoms with Crippen LogP contribution >= 0.6 is 0 Å². The van der Waals surface area contributed by atoms with Gasteiger partial charge in [0.1, 0.15) is 12.0 Å². The minimum absolute atomic E-state index is 0.112. The van der Waals surface area contributed by atoms with Gasteiger partial charge in [0.25, 0.3) is 8.32 Å². The Kier molecular flexibility index (Phi) is 11.1. The fourth-order valence-electron chi connectivity index (χ4n) is 4.93. The van der Waals surface area contributed by atoms with Crippen LogP contribution in [0.25, 0.3) is 0 Å². The quantitative estimate of drug-likeness (QED) is 0.136. The number of hydrogen-bond donors (Lipinski definition) is 0. The average molecular weight is 531 g/mol. The molecule has 4 nitrogen and oxygen atoms in total. The zero-order valence-corrected chi connectivity index (χ0v) is 24.4. The molecule has 0 spiro atoms. The van der Waals surface area contributed by atoms with E-state index in [0.717, 1.165) is 36.9 Å². The van der Waals surface area contributed by atoms with Gasteiger partial charge in [0.15, 0.2) is 0 Å². The Bertz CT molecular complexity index is 1080. The van der Waals surface area contributed by atoms with Crippen molar-refractivity contribution in [3.63, 3.8) is 0 Å². The number of carbonyl (C=O) groups is 1. The molecule has 3 aromatic carbocycles. The molecule has 0 aliphatic heterocycles. The molecular weight excluding hydrogens is 488 g/mol. The highest BCUT2D eigenvalue weighted by Crippen LogP contribution is 2.38. The highest BCUT2D eigenvalue weighted by atomic mass is 28.4. The predicted molar refractivity (Wildman–Crippen MR) is 159 cm³/mol. The van der Waals surface area contributed by atoms with Crippen molar-refractivity contribution in [1.82, 2.24) is 0 Å². The van der Waals surface area contributed by atoms with Crippen LogP contribution in [0.5, 0.6) is 5.75 Å². The second-order valence-corrected chi connectivity index (χ2v) is 15.0. The first kappa shape index (κ1) is 29.6. The number of rotatable bonds is 14.